The normalized spacial score (nSPS) is 16.9. The van der Waals surface area contributed by atoms with Crippen molar-refractivity contribution in [3.05, 3.63) is 53.4 Å². The molecule has 3 heterocycles. The van der Waals surface area contributed by atoms with Crippen LogP contribution in [-0.2, 0) is 4.79 Å². The number of carbonyl (C=O) groups excluding carboxylic acids is 1. The summed E-state index contributed by atoms with van der Waals surface area (Å²) < 4.78 is 6.65. The first-order valence-electron chi connectivity index (χ1n) is 9.20. The summed E-state index contributed by atoms with van der Waals surface area (Å²) in [6.07, 6.45) is 3.67. The molecule has 136 valence electrons. The lowest BCUT2D eigenvalue weighted by atomic mass is 9.97. The molecule has 0 spiro atoms. The van der Waals surface area contributed by atoms with Crippen LogP contribution in [-0.4, -0.2) is 35.4 Å². The number of fused-ring (bicyclic) bond motifs is 1. The number of benzene rings is 1. The summed E-state index contributed by atoms with van der Waals surface area (Å²) in [7, 11) is 0. The molecule has 0 unspecified atom stereocenters. The van der Waals surface area contributed by atoms with Crippen molar-refractivity contribution < 1.29 is 14.5 Å². The number of nitrogens with two attached hydrogens (primary N) is 1. The van der Waals surface area contributed by atoms with Gasteiger partial charge in [-0.1, -0.05) is 12.1 Å². The molecule has 4 rings (SSSR count). The van der Waals surface area contributed by atoms with Crippen molar-refractivity contribution in [3.63, 3.8) is 0 Å². The predicted molar refractivity (Wildman–Crippen MR) is 102 cm³/mol. The summed E-state index contributed by atoms with van der Waals surface area (Å²) in [5.74, 6) is 1.60. The zero-order valence-electron chi connectivity index (χ0n) is 14.9. The van der Waals surface area contributed by atoms with Crippen molar-refractivity contribution >= 4 is 27.5 Å². The summed E-state index contributed by atoms with van der Waals surface area (Å²) in [5, 5.41) is 3.26. The first-order chi connectivity index (χ1) is 12.7. The first-order valence-corrected chi connectivity index (χ1v) is 10.0. The molecule has 1 amide bonds. The minimum Gasteiger partial charge on any atom is -0.463 e. The van der Waals surface area contributed by atoms with Gasteiger partial charge in [-0.25, -0.2) is 4.98 Å². The summed E-state index contributed by atoms with van der Waals surface area (Å²) in [6, 6.07) is 12.3. The summed E-state index contributed by atoms with van der Waals surface area (Å²) >= 11 is 1.79. The lowest BCUT2D eigenvalue weighted by molar-refractivity contribution is -0.685. The van der Waals surface area contributed by atoms with E-state index in [9.17, 15) is 4.79 Å². The third kappa shape index (κ3) is 3.66. The quantitative estimate of drug-likeness (QED) is 0.751. The number of carbonyl (C=O) groups is 1. The van der Waals surface area contributed by atoms with Crippen molar-refractivity contribution in [1.82, 2.24) is 9.88 Å². The van der Waals surface area contributed by atoms with Crippen molar-refractivity contribution in [2.45, 2.75) is 31.7 Å². The van der Waals surface area contributed by atoms with Gasteiger partial charge < -0.3 is 14.6 Å². The topological polar surface area (TPSA) is 63.0 Å². The van der Waals surface area contributed by atoms with Crippen molar-refractivity contribution in [3.8, 4) is 0 Å². The molecule has 6 heteroatoms. The van der Waals surface area contributed by atoms with E-state index in [0.717, 1.165) is 37.2 Å². The monoisotopic (exact) mass is 370 g/mol. The highest BCUT2D eigenvalue weighted by molar-refractivity contribution is 7.18. The Labute approximate surface area is 157 Å². The van der Waals surface area contributed by atoms with E-state index in [-0.39, 0.29) is 11.9 Å². The van der Waals surface area contributed by atoms with Gasteiger partial charge in [0, 0.05) is 19.0 Å². The molecule has 1 fully saturated rings. The number of hydrogen-bond donors (Lipinski definition) is 1. The molecule has 1 aromatic carbocycles. The van der Waals surface area contributed by atoms with Gasteiger partial charge in [0.2, 0.25) is 0 Å². The molecule has 2 N–H and O–H groups in total. The second kappa shape index (κ2) is 7.60. The minimum atomic E-state index is 0.161. The van der Waals surface area contributed by atoms with Crippen LogP contribution in [0.4, 0.5) is 0 Å². The number of likely N-dealkylation sites (tertiary alicyclic amines) is 1. The van der Waals surface area contributed by atoms with E-state index in [1.54, 1.807) is 17.6 Å². The molecule has 1 atom stereocenters. The number of hydrogen-bond acceptors (Lipinski definition) is 4. The summed E-state index contributed by atoms with van der Waals surface area (Å²) in [6.45, 7) is 4.17. The van der Waals surface area contributed by atoms with Gasteiger partial charge in [0.25, 0.3) is 5.91 Å². The third-order valence-electron chi connectivity index (χ3n) is 5.15. The van der Waals surface area contributed by atoms with Crippen molar-refractivity contribution in [1.29, 1.82) is 0 Å². The van der Waals surface area contributed by atoms with Gasteiger partial charge in [0.05, 0.1) is 21.5 Å². The van der Waals surface area contributed by atoms with Crippen LogP contribution in [0.15, 0.2) is 47.1 Å². The molecule has 2 aromatic heterocycles. The molecule has 3 aromatic rings. The Morgan fingerprint density at radius 3 is 2.85 bits per heavy atom. The molecule has 0 bridgehead atoms. The molecule has 1 aliphatic rings. The Morgan fingerprint density at radius 1 is 1.31 bits per heavy atom. The fourth-order valence-electron chi connectivity index (χ4n) is 3.51. The van der Waals surface area contributed by atoms with E-state index in [1.807, 2.05) is 28.4 Å². The number of piperidine rings is 1. The molecular formula is C20H24N3O2S+. The van der Waals surface area contributed by atoms with Gasteiger partial charge in [0.15, 0.2) is 12.3 Å². The number of aromatic nitrogens is 1. The lowest BCUT2D eigenvalue weighted by Crippen LogP contribution is -2.87. The van der Waals surface area contributed by atoms with Crippen LogP contribution < -0.4 is 5.32 Å². The number of quaternary nitrogens is 1. The zero-order chi connectivity index (χ0) is 17.9. The third-order valence-corrected chi connectivity index (χ3v) is 6.34. The Balaban J connectivity index is 1.29. The lowest BCUT2D eigenvalue weighted by Gasteiger charge is -2.30. The minimum absolute atomic E-state index is 0.161. The highest BCUT2D eigenvalue weighted by Gasteiger charge is 2.27. The molecule has 1 aliphatic heterocycles. The maximum Gasteiger partial charge on any atom is 0.277 e. The average molecular weight is 370 g/mol. The van der Waals surface area contributed by atoms with Gasteiger partial charge in [0.1, 0.15) is 6.04 Å². The van der Waals surface area contributed by atoms with Crippen LogP contribution in [0, 0.1) is 0 Å². The molecule has 0 aliphatic carbocycles. The molecule has 0 radical (unpaired) electrons. The first kappa shape index (κ1) is 17.2. The van der Waals surface area contributed by atoms with E-state index in [0.29, 0.717) is 12.5 Å². The van der Waals surface area contributed by atoms with E-state index in [1.165, 1.54) is 9.71 Å². The predicted octanol–water partition coefficient (Wildman–Crippen LogP) is 2.92. The second-order valence-corrected chi connectivity index (χ2v) is 7.98. The summed E-state index contributed by atoms with van der Waals surface area (Å²) in [5.41, 5.74) is 1.09. The SMILES string of the molecule is C[C@H]([NH2+]CC(=O)N1CCC(c2nc3ccccc3s2)CC1)c1ccco1. The standard InChI is InChI=1S/C20H23N3O2S/c1-14(17-6-4-12-25-17)21-13-19(24)23-10-8-15(9-11-23)20-22-16-5-2-3-7-18(16)26-20/h2-7,12,14-15,21H,8-11,13H2,1H3/p+1/t14-/m0/s1. The summed E-state index contributed by atoms with van der Waals surface area (Å²) in [4.78, 5) is 19.3. The van der Waals surface area contributed by atoms with Crippen LogP contribution in [0.2, 0.25) is 0 Å². The van der Waals surface area contributed by atoms with E-state index in [4.69, 9.17) is 9.40 Å². The van der Waals surface area contributed by atoms with Crippen LogP contribution in [0.1, 0.15) is 42.5 Å². The maximum absolute atomic E-state index is 12.5. The molecule has 5 nitrogen and oxygen atoms in total. The average Bonchev–Trinajstić information content (AvgIpc) is 3.35. The van der Waals surface area contributed by atoms with Gasteiger partial charge in [-0.05, 0) is 44.0 Å². The van der Waals surface area contributed by atoms with E-state index in [2.05, 4.69) is 25.1 Å². The highest BCUT2D eigenvalue weighted by Crippen LogP contribution is 2.33. The van der Waals surface area contributed by atoms with Gasteiger partial charge in [-0.3, -0.25) is 4.79 Å². The zero-order valence-corrected chi connectivity index (χ0v) is 15.7. The number of amides is 1. The molecule has 26 heavy (non-hydrogen) atoms. The van der Waals surface area contributed by atoms with Gasteiger partial charge in [-0.2, -0.15) is 0 Å². The number of thiazole rings is 1. The van der Waals surface area contributed by atoms with E-state index < -0.39 is 0 Å². The van der Waals surface area contributed by atoms with Crippen LogP contribution in [0.3, 0.4) is 0 Å². The second-order valence-electron chi connectivity index (χ2n) is 6.92. The number of furan rings is 1. The Kier molecular flexibility index (Phi) is 5.04. The fourth-order valence-corrected chi connectivity index (χ4v) is 4.65. The maximum atomic E-state index is 12.5. The number of nitrogens with zero attached hydrogens (tertiary/aromatic N) is 2. The fraction of sp³-hybridized carbons (Fsp3) is 0.400. The largest absolute Gasteiger partial charge is 0.463 e. The van der Waals surface area contributed by atoms with Gasteiger partial charge >= 0.3 is 0 Å². The Bertz CT molecular complexity index is 833. The molecular weight excluding hydrogens is 346 g/mol. The van der Waals surface area contributed by atoms with Gasteiger partial charge in [-0.15, -0.1) is 11.3 Å². The Hall–Kier alpha value is -2.18. The number of para-hydroxylation sites is 1. The molecule has 1 saturated heterocycles. The van der Waals surface area contributed by atoms with Crippen LogP contribution in [0.25, 0.3) is 10.2 Å². The van der Waals surface area contributed by atoms with Crippen LogP contribution in [0.5, 0.6) is 0 Å². The smallest absolute Gasteiger partial charge is 0.277 e. The molecule has 0 saturated carbocycles. The number of rotatable bonds is 5. The van der Waals surface area contributed by atoms with Crippen molar-refractivity contribution in [2.75, 3.05) is 19.6 Å². The highest BCUT2D eigenvalue weighted by atomic mass is 32.1. The van der Waals surface area contributed by atoms with Crippen molar-refractivity contribution in [2.24, 2.45) is 0 Å². The Morgan fingerprint density at radius 2 is 2.12 bits per heavy atom. The van der Waals surface area contributed by atoms with E-state index >= 15 is 0 Å². The van der Waals surface area contributed by atoms with Crippen LogP contribution >= 0.6 is 11.3 Å².